The predicted octanol–water partition coefficient (Wildman–Crippen LogP) is 3.29. The Bertz CT molecular complexity index is 542. The number of hydrogen-bond acceptors (Lipinski definition) is 5. The molecule has 0 bridgehead atoms. The number of aryl methyl sites for hydroxylation is 1. The van der Waals surface area contributed by atoms with Crippen molar-refractivity contribution in [1.82, 2.24) is 9.97 Å². The Morgan fingerprint density at radius 2 is 1.89 bits per heavy atom. The average molecular weight is 260 g/mol. The van der Waals surface area contributed by atoms with Crippen molar-refractivity contribution in [3.8, 4) is 0 Å². The van der Waals surface area contributed by atoms with Gasteiger partial charge in [-0.1, -0.05) is 6.07 Å². The molecule has 0 saturated carbocycles. The van der Waals surface area contributed by atoms with Gasteiger partial charge in [-0.25, -0.2) is 9.97 Å². The molecule has 1 heterocycles. The Hall–Kier alpha value is -1.75. The van der Waals surface area contributed by atoms with Crippen molar-refractivity contribution in [1.29, 1.82) is 0 Å². The zero-order chi connectivity index (χ0) is 13.0. The number of thioether (sulfide) groups is 1. The highest BCUT2D eigenvalue weighted by molar-refractivity contribution is 7.98. The number of nitrogens with zero attached hydrogens (tertiary/aromatic N) is 2. The molecule has 0 fully saturated rings. The maximum absolute atomic E-state index is 4.36. The molecule has 94 valence electrons. The van der Waals surface area contributed by atoms with Gasteiger partial charge >= 0.3 is 0 Å². The molecule has 18 heavy (non-hydrogen) atoms. The molecule has 0 unspecified atom stereocenters. The second kappa shape index (κ2) is 5.73. The molecule has 0 radical (unpaired) electrons. The van der Waals surface area contributed by atoms with Crippen molar-refractivity contribution < 1.29 is 0 Å². The van der Waals surface area contributed by atoms with Crippen LogP contribution in [0.25, 0.3) is 0 Å². The second-order valence-corrected chi connectivity index (χ2v) is 4.67. The molecule has 1 aromatic heterocycles. The van der Waals surface area contributed by atoms with E-state index >= 15 is 0 Å². The summed E-state index contributed by atoms with van der Waals surface area (Å²) in [6.07, 6.45) is 2.06. The standard InChI is InChI=1S/C13H16N4S/c1-9-15-12(14-2)8-13(16-9)17-10-5-4-6-11(7-10)18-3/h4-8H,1-3H3,(H2,14,15,16,17). The lowest BCUT2D eigenvalue weighted by atomic mass is 10.3. The summed E-state index contributed by atoms with van der Waals surface area (Å²) in [6.45, 7) is 1.88. The second-order valence-electron chi connectivity index (χ2n) is 3.79. The van der Waals surface area contributed by atoms with Crippen LogP contribution in [-0.2, 0) is 0 Å². The fourth-order valence-corrected chi connectivity index (χ4v) is 2.07. The molecule has 2 rings (SSSR count). The highest BCUT2D eigenvalue weighted by atomic mass is 32.2. The molecule has 0 spiro atoms. The van der Waals surface area contributed by atoms with Crippen molar-refractivity contribution in [2.45, 2.75) is 11.8 Å². The zero-order valence-corrected chi connectivity index (χ0v) is 11.5. The third kappa shape index (κ3) is 3.13. The van der Waals surface area contributed by atoms with Crippen LogP contribution in [0.3, 0.4) is 0 Å². The van der Waals surface area contributed by atoms with Gasteiger partial charge in [0.1, 0.15) is 17.5 Å². The van der Waals surface area contributed by atoms with Gasteiger partial charge in [0.15, 0.2) is 0 Å². The minimum absolute atomic E-state index is 0.741. The smallest absolute Gasteiger partial charge is 0.136 e. The van der Waals surface area contributed by atoms with Gasteiger partial charge in [0.25, 0.3) is 0 Å². The first-order valence-electron chi connectivity index (χ1n) is 5.66. The Labute approximate surface area is 111 Å². The van der Waals surface area contributed by atoms with Crippen molar-refractivity contribution in [3.05, 3.63) is 36.2 Å². The predicted molar refractivity (Wildman–Crippen MR) is 77.8 cm³/mol. The lowest BCUT2D eigenvalue weighted by Crippen LogP contribution is -2.01. The first-order chi connectivity index (χ1) is 8.71. The third-order valence-electron chi connectivity index (χ3n) is 2.44. The molecule has 0 atom stereocenters. The minimum atomic E-state index is 0.741. The van der Waals surface area contributed by atoms with E-state index in [1.165, 1.54) is 4.90 Å². The van der Waals surface area contributed by atoms with Crippen LogP contribution >= 0.6 is 11.8 Å². The summed E-state index contributed by atoms with van der Waals surface area (Å²) in [5.41, 5.74) is 1.03. The number of aromatic nitrogens is 2. The first kappa shape index (κ1) is 12.7. The van der Waals surface area contributed by atoms with Crippen LogP contribution in [0.2, 0.25) is 0 Å². The van der Waals surface area contributed by atoms with E-state index in [0.29, 0.717) is 0 Å². The summed E-state index contributed by atoms with van der Waals surface area (Å²) in [6, 6.07) is 10.1. The van der Waals surface area contributed by atoms with Gasteiger partial charge in [-0.05, 0) is 31.4 Å². The Morgan fingerprint density at radius 3 is 2.61 bits per heavy atom. The summed E-state index contributed by atoms with van der Waals surface area (Å²) in [5, 5.41) is 6.31. The van der Waals surface area contributed by atoms with Crippen molar-refractivity contribution >= 4 is 29.1 Å². The average Bonchev–Trinajstić information content (AvgIpc) is 2.38. The lowest BCUT2D eigenvalue weighted by Gasteiger charge is -2.09. The van der Waals surface area contributed by atoms with Crippen LogP contribution in [0.1, 0.15) is 5.82 Å². The first-order valence-corrected chi connectivity index (χ1v) is 6.88. The fourth-order valence-electron chi connectivity index (χ4n) is 1.61. The largest absolute Gasteiger partial charge is 0.373 e. The molecule has 4 nitrogen and oxygen atoms in total. The zero-order valence-electron chi connectivity index (χ0n) is 10.7. The molecule has 2 N–H and O–H groups in total. The number of anilines is 3. The van der Waals surface area contributed by atoms with Crippen LogP contribution in [0.15, 0.2) is 35.2 Å². The SMILES string of the molecule is CNc1cc(Nc2cccc(SC)c2)nc(C)n1. The summed E-state index contributed by atoms with van der Waals surface area (Å²) in [5.74, 6) is 2.35. The maximum atomic E-state index is 4.36. The number of hydrogen-bond donors (Lipinski definition) is 2. The summed E-state index contributed by atoms with van der Waals surface area (Å²) >= 11 is 1.72. The third-order valence-corrected chi connectivity index (χ3v) is 3.16. The molecule has 0 aliphatic carbocycles. The minimum Gasteiger partial charge on any atom is -0.373 e. The van der Waals surface area contributed by atoms with Gasteiger partial charge in [0.05, 0.1) is 0 Å². The van der Waals surface area contributed by atoms with Crippen LogP contribution in [0.4, 0.5) is 17.3 Å². The Morgan fingerprint density at radius 1 is 1.11 bits per heavy atom. The van der Waals surface area contributed by atoms with E-state index in [2.05, 4.69) is 39.0 Å². The summed E-state index contributed by atoms with van der Waals surface area (Å²) < 4.78 is 0. The van der Waals surface area contributed by atoms with Crippen molar-refractivity contribution in [2.24, 2.45) is 0 Å². The number of nitrogens with one attached hydrogen (secondary N) is 2. The van der Waals surface area contributed by atoms with E-state index < -0.39 is 0 Å². The topological polar surface area (TPSA) is 49.8 Å². The van der Waals surface area contributed by atoms with E-state index in [0.717, 1.165) is 23.1 Å². The van der Waals surface area contributed by atoms with Gasteiger partial charge < -0.3 is 10.6 Å². The molecular weight excluding hydrogens is 244 g/mol. The van der Waals surface area contributed by atoms with Crippen LogP contribution in [0.5, 0.6) is 0 Å². The molecule has 0 saturated heterocycles. The van der Waals surface area contributed by atoms with Crippen molar-refractivity contribution in [3.63, 3.8) is 0 Å². The van der Waals surface area contributed by atoms with E-state index in [4.69, 9.17) is 0 Å². The monoisotopic (exact) mass is 260 g/mol. The molecular formula is C13H16N4S. The molecule has 0 amide bonds. The number of rotatable bonds is 4. The Kier molecular flexibility index (Phi) is 4.04. The molecule has 0 aliphatic heterocycles. The molecule has 2 aromatic rings. The fraction of sp³-hybridized carbons (Fsp3) is 0.231. The van der Waals surface area contributed by atoms with Crippen LogP contribution in [0, 0.1) is 6.92 Å². The molecule has 5 heteroatoms. The Balaban J connectivity index is 2.24. The summed E-state index contributed by atoms with van der Waals surface area (Å²) in [4.78, 5) is 9.85. The normalized spacial score (nSPS) is 10.2. The molecule has 1 aromatic carbocycles. The maximum Gasteiger partial charge on any atom is 0.136 e. The van der Waals surface area contributed by atoms with Crippen LogP contribution < -0.4 is 10.6 Å². The van der Waals surface area contributed by atoms with Gasteiger partial charge in [0, 0.05) is 23.7 Å². The van der Waals surface area contributed by atoms with Gasteiger partial charge in [-0.3, -0.25) is 0 Å². The lowest BCUT2D eigenvalue weighted by molar-refractivity contribution is 1.06. The molecule has 0 aliphatic rings. The van der Waals surface area contributed by atoms with E-state index in [-0.39, 0.29) is 0 Å². The van der Waals surface area contributed by atoms with Crippen LogP contribution in [-0.4, -0.2) is 23.3 Å². The highest BCUT2D eigenvalue weighted by Crippen LogP contribution is 2.22. The van der Waals surface area contributed by atoms with E-state index in [1.54, 1.807) is 11.8 Å². The van der Waals surface area contributed by atoms with Gasteiger partial charge in [-0.2, -0.15) is 0 Å². The van der Waals surface area contributed by atoms with Crippen molar-refractivity contribution in [2.75, 3.05) is 23.9 Å². The quantitative estimate of drug-likeness (QED) is 0.826. The highest BCUT2D eigenvalue weighted by Gasteiger charge is 2.01. The number of benzene rings is 1. The van der Waals surface area contributed by atoms with Gasteiger partial charge in [0.2, 0.25) is 0 Å². The van der Waals surface area contributed by atoms with E-state index in [1.807, 2.05) is 32.2 Å². The summed E-state index contributed by atoms with van der Waals surface area (Å²) in [7, 11) is 1.85. The van der Waals surface area contributed by atoms with Gasteiger partial charge in [-0.15, -0.1) is 11.8 Å². The van der Waals surface area contributed by atoms with E-state index in [9.17, 15) is 0 Å².